The second-order valence-electron chi connectivity index (χ2n) is 5.09. The molecule has 5 heteroatoms. The average molecular weight is 287 g/mol. The molecule has 0 aliphatic carbocycles. The van der Waals surface area contributed by atoms with Gasteiger partial charge in [0.15, 0.2) is 0 Å². The summed E-state index contributed by atoms with van der Waals surface area (Å²) < 4.78 is 0. The highest BCUT2D eigenvalue weighted by molar-refractivity contribution is 5.89. The number of unbranched alkanes of at least 4 members (excludes halogenated alkanes) is 2. The Morgan fingerprint density at radius 2 is 1.86 bits per heavy atom. The Morgan fingerprint density at radius 1 is 1.10 bits per heavy atom. The van der Waals surface area contributed by atoms with E-state index in [2.05, 4.69) is 22.8 Å². The van der Waals surface area contributed by atoms with Crippen LogP contribution in [0, 0.1) is 0 Å². The van der Waals surface area contributed by atoms with Crippen LogP contribution in [-0.2, 0) is 16.0 Å². The van der Waals surface area contributed by atoms with E-state index < -0.39 is 0 Å². The van der Waals surface area contributed by atoms with Crippen LogP contribution in [-0.4, -0.2) is 16.8 Å². The number of H-pyrrole nitrogens is 1. The Hall–Kier alpha value is -2.30. The lowest BCUT2D eigenvalue weighted by molar-refractivity contribution is -0.128. The van der Waals surface area contributed by atoms with Gasteiger partial charge in [0.05, 0.1) is 6.42 Å². The SMILES string of the molecule is CCCCCC(=O)NNC(=O)Cc1c[nH]c2ccccc12. The summed E-state index contributed by atoms with van der Waals surface area (Å²) in [4.78, 5) is 26.5. The van der Waals surface area contributed by atoms with Gasteiger partial charge in [-0.15, -0.1) is 0 Å². The van der Waals surface area contributed by atoms with Gasteiger partial charge in [-0.3, -0.25) is 20.4 Å². The Kier molecular flexibility index (Phi) is 5.37. The number of benzene rings is 1. The van der Waals surface area contributed by atoms with Crippen LogP contribution in [0.1, 0.15) is 38.2 Å². The third-order valence-corrected chi connectivity index (χ3v) is 3.37. The molecule has 2 rings (SSSR count). The molecule has 0 fully saturated rings. The summed E-state index contributed by atoms with van der Waals surface area (Å²) in [5, 5.41) is 1.03. The van der Waals surface area contributed by atoms with Crippen molar-refractivity contribution in [3.05, 3.63) is 36.0 Å². The summed E-state index contributed by atoms with van der Waals surface area (Å²) in [6.45, 7) is 2.08. The maximum atomic E-state index is 11.8. The van der Waals surface area contributed by atoms with Crippen LogP contribution in [0.25, 0.3) is 10.9 Å². The van der Waals surface area contributed by atoms with Crippen LogP contribution >= 0.6 is 0 Å². The van der Waals surface area contributed by atoms with Gasteiger partial charge in [0.1, 0.15) is 0 Å². The van der Waals surface area contributed by atoms with E-state index in [9.17, 15) is 9.59 Å². The lowest BCUT2D eigenvalue weighted by Crippen LogP contribution is -2.42. The maximum absolute atomic E-state index is 11.8. The number of carbonyl (C=O) groups excluding carboxylic acids is 2. The molecule has 21 heavy (non-hydrogen) atoms. The van der Waals surface area contributed by atoms with Crippen LogP contribution in [0.15, 0.2) is 30.5 Å². The Labute approximate surface area is 124 Å². The van der Waals surface area contributed by atoms with Gasteiger partial charge in [0, 0.05) is 23.5 Å². The molecule has 112 valence electrons. The maximum Gasteiger partial charge on any atom is 0.242 e. The zero-order valence-electron chi connectivity index (χ0n) is 12.2. The molecule has 0 aliphatic heterocycles. The van der Waals surface area contributed by atoms with E-state index in [-0.39, 0.29) is 18.2 Å². The third-order valence-electron chi connectivity index (χ3n) is 3.37. The van der Waals surface area contributed by atoms with E-state index >= 15 is 0 Å². The first-order chi connectivity index (χ1) is 10.2. The lowest BCUT2D eigenvalue weighted by atomic mass is 10.1. The summed E-state index contributed by atoms with van der Waals surface area (Å²) in [5.74, 6) is -0.362. The van der Waals surface area contributed by atoms with Crippen molar-refractivity contribution < 1.29 is 9.59 Å². The van der Waals surface area contributed by atoms with Gasteiger partial charge in [-0.1, -0.05) is 38.0 Å². The Morgan fingerprint density at radius 3 is 2.67 bits per heavy atom. The highest BCUT2D eigenvalue weighted by Crippen LogP contribution is 2.17. The molecule has 0 unspecified atom stereocenters. The van der Waals surface area contributed by atoms with E-state index in [0.717, 1.165) is 35.7 Å². The molecule has 5 nitrogen and oxygen atoms in total. The second-order valence-corrected chi connectivity index (χ2v) is 5.09. The van der Waals surface area contributed by atoms with Gasteiger partial charge < -0.3 is 4.98 Å². The first-order valence-electron chi connectivity index (χ1n) is 7.33. The van der Waals surface area contributed by atoms with Gasteiger partial charge in [-0.25, -0.2) is 0 Å². The van der Waals surface area contributed by atoms with Crippen molar-refractivity contribution in [3.63, 3.8) is 0 Å². The number of amides is 2. The molecule has 3 N–H and O–H groups in total. The molecule has 1 heterocycles. The number of hydrogen-bond acceptors (Lipinski definition) is 2. The van der Waals surface area contributed by atoms with E-state index in [0.29, 0.717) is 6.42 Å². The number of aromatic amines is 1. The predicted molar refractivity (Wildman–Crippen MR) is 82.4 cm³/mol. The minimum Gasteiger partial charge on any atom is -0.361 e. The van der Waals surface area contributed by atoms with Crippen LogP contribution in [0.4, 0.5) is 0 Å². The highest BCUT2D eigenvalue weighted by atomic mass is 16.2. The summed E-state index contributed by atoms with van der Waals surface area (Å²) in [7, 11) is 0. The molecule has 0 aliphatic rings. The molecule has 0 radical (unpaired) electrons. The Bertz CT molecular complexity index is 619. The first kappa shape index (κ1) is 15.1. The molecule has 0 saturated carbocycles. The monoisotopic (exact) mass is 287 g/mol. The summed E-state index contributed by atoms with van der Waals surface area (Å²) in [5.41, 5.74) is 6.84. The fraction of sp³-hybridized carbons (Fsp3) is 0.375. The van der Waals surface area contributed by atoms with Gasteiger partial charge >= 0.3 is 0 Å². The number of aromatic nitrogens is 1. The summed E-state index contributed by atoms with van der Waals surface area (Å²) in [6.07, 6.45) is 5.45. The van der Waals surface area contributed by atoms with Crippen molar-refractivity contribution >= 4 is 22.7 Å². The van der Waals surface area contributed by atoms with E-state index in [1.54, 1.807) is 0 Å². The molecular formula is C16H21N3O2. The molecule has 2 amide bonds. The molecule has 0 saturated heterocycles. The van der Waals surface area contributed by atoms with Gasteiger partial charge in [0.25, 0.3) is 0 Å². The number of rotatable bonds is 6. The van der Waals surface area contributed by atoms with Gasteiger partial charge in [-0.2, -0.15) is 0 Å². The second kappa shape index (κ2) is 7.47. The van der Waals surface area contributed by atoms with Crippen molar-refractivity contribution in [2.45, 2.75) is 39.0 Å². The third kappa shape index (κ3) is 4.34. The average Bonchev–Trinajstić information content (AvgIpc) is 2.89. The normalized spacial score (nSPS) is 10.5. The molecular weight excluding hydrogens is 266 g/mol. The van der Waals surface area contributed by atoms with E-state index in [1.807, 2.05) is 30.5 Å². The van der Waals surface area contributed by atoms with Crippen molar-refractivity contribution in [2.24, 2.45) is 0 Å². The van der Waals surface area contributed by atoms with Gasteiger partial charge in [0.2, 0.25) is 11.8 Å². The zero-order chi connectivity index (χ0) is 15.1. The van der Waals surface area contributed by atoms with Crippen LogP contribution in [0.3, 0.4) is 0 Å². The number of hydrogen-bond donors (Lipinski definition) is 3. The van der Waals surface area contributed by atoms with Crippen LogP contribution in [0.2, 0.25) is 0 Å². The molecule has 0 spiro atoms. The molecule has 1 aromatic carbocycles. The first-order valence-corrected chi connectivity index (χ1v) is 7.33. The largest absolute Gasteiger partial charge is 0.361 e. The van der Waals surface area contributed by atoms with E-state index in [1.165, 1.54) is 0 Å². The summed E-state index contributed by atoms with van der Waals surface area (Å²) in [6, 6.07) is 7.82. The number of para-hydroxylation sites is 1. The minimum atomic E-state index is -0.219. The molecule has 0 bridgehead atoms. The fourth-order valence-corrected chi connectivity index (χ4v) is 2.23. The smallest absolute Gasteiger partial charge is 0.242 e. The fourth-order valence-electron chi connectivity index (χ4n) is 2.23. The van der Waals surface area contributed by atoms with Crippen LogP contribution in [0.5, 0.6) is 0 Å². The predicted octanol–water partition coefficient (Wildman–Crippen LogP) is 2.44. The standard InChI is InChI=1S/C16H21N3O2/c1-2-3-4-9-15(20)18-19-16(21)10-12-11-17-14-8-6-5-7-13(12)14/h5-8,11,17H,2-4,9-10H2,1H3,(H,18,20)(H,19,21). The molecule has 2 aromatic rings. The summed E-state index contributed by atoms with van der Waals surface area (Å²) >= 11 is 0. The highest BCUT2D eigenvalue weighted by Gasteiger charge is 2.09. The van der Waals surface area contributed by atoms with E-state index in [4.69, 9.17) is 0 Å². The number of nitrogens with one attached hydrogen (secondary N) is 3. The van der Waals surface area contributed by atoms with Crippen molar-refractivity contribution in [1.29, 1.82) is 0 Å². The molecule has 1 aromatic heterocycles. The van der Waals surface area contributed by atoms with Crippen molar-refractivity contribution in [1.82, 2.24) is 15.8 Å². The minimum absolute atomic E-state index is 0.143. The Balaban J connectivity index is 1.81. The van der Waals surface area contributed by atoms with Crippen molar-refractivity contribution in [3.8, 4) is 0 Å². The topological polar surface area (TPSA) is 74.0 Å². The lowest BCUT2D eigenvalue weighted by Gasteiger charge is -2.06. The van der Waals surface area contributed by atoms with Crippen molar-refractivity contribution in [2.75, 3.05) is 0 Å². The zero-order valence-corrected chi connectivity index (χ0v) is 12.2. The number of carbonyl (C=O) groups is 2. The quantitative estimate of drug-likeness (QED) is 0.564. The number of fused-ring (bicyclic) bond motifs is 1. The number of hydrazine groups is 1. The van der Waals surface area contributed by atoms with Crippen LogP contribution < -0.4 is 10.9 Å². The van der Waals surface area contributed by atoms with Gasteiger partial charge in [-0.05, 0) is 18.1 Å². The molecule has 0 atom stereocenters.